The quantitative estimate of drug-likeness (QED) is 0.233. The van der Waals surface area contributed by atoms with Crippen LogP contribution in [0.25, 0.3) is 33.4 Å². The van der Waals surface area contributed by atoms with E-state index in [4.69, 9.17) is 4.74 Å². The molecular formula is C38H23NO. The lowest BCUT2D eigenvalue weighted by atomic mass is 9.65. The third-order valence-corrected chi connectivity index (χ3v) is 8.41. The Hall–Kier alpha value is -5.39. The molecule has 6 aromatic rings. The zero-order chi connectivity index (χ0) is 26.7. The molecule has 0 atom stereocenters. The Balaban J connectivity index is 1.42. The number of benzene rings is 6. The van der Waals surface area contributed by atoms with Gasteiger partial charge in [-0.15, -0.1) is 0 Å². The fourth-order valence-corrected chi connectivity index (χ4v) is 6.79. The first kappa shape index (κ1) is 22.6. The minimum absolute atomic E-state index is 0.488. The topological polar surface area (TPSA) is 33.0 Å². The molecule has 1 aliphatic heterocycles. The maximum absolute atomic E-state index is 9.73. The zero-order valence-corrected chi connectivity index (χ0v) is 21.6. The van der Waals surface area contributed by atoms with Crippen LogP contribution in [-0.4, -0.2) is 0 Å². The van der Waals surface area contributed by atoms with Crippen LogP contribution in [0.4, 0.5) is 0 Å². The van der Waals surface area contributed by atoms with Gasteiger partial charge in [0, 0.05) is 16.7 Å². The number of para-hydroxylation sites is 2. The molecule has 0 unspecified atom stereocenters. The Labute approximate surface area is 233 Å². The highest BCUT2D eigenvalue weighted by molar-refractivity contribution is 5.90. The highest BCUT2D eigenvalue weighted by atomic mass is 16.5. The van der Waals surface area contributed by atoms with E-state index in [9.17, 15) is 5.26 Å². The largest absolute Gasteiger partial charge is 0.456 e. The first-order valence-electron chi connectivity index (χ1n) is 13.5. The molecule has 1 aliphatic carbocycles. The Bertz CT molecular complexity index is 1970. The molecule has 0 amide bonds. The number of fused-ring (bicyclic) bond motifs is 9. The SMILES string of the molecule is N#Cc1ccccc1-c1cccc(-c2cccc3c2Oc2ccccc2C32c3ccccc3-c3ccccc32)c1. The van der Waals surface area contributed by atoms with Gasteiger partial charge < -0.3 is 4.74 Å². The molecule has 0 aromatic heterocycles. The Kier molecular flexibility index (Phi) is 4.83. The zero-order valence-electron chi connectivity index (χ0n) is 21.6. The van der Waals surface area contributed by atoms with Crippen LogP contribution < -0.4 is 4.74 Å². The minimum atomic E-state index is -0.488. The summed E-state index contributed by atoms with van der Waals surface area (Å²) in [7, 11) is 0. The highest BCUT2D eigenvalue weighted by Crippen LogP contribution is 2.63. The fourth-order valence-electron chi connectivity index (χ4n) is 6.79. The highest BCUT2D eigenvalue weighted by Gasteiger charge is 2.51. The molecule has 6 aromatic carbocycles. The van der Waals surface area contributed by atoms with Crippen LogP contribution in [0.1, 0.15) is 27.8 Å². The third kappa shape index (κ3) is 2.98. The van der Waals surface area contributed by atoms with E-state index in [1.54, 1.807) is 0 Å². The van der Waals surface area contributed by atoms with Gasteiger partial charge in [-0.1, -0.05) is 121 Å². The first-order chi connectivity index (χ1) is 19.8. The maximum Gasteiger partial charge on any atom is 0.140 e. The Morgan fingerprint density at radius 2 is 1.00 bits per heavy atom. The van der Waals surface area contributed by atoms with Crippen LogP contribution in [-0.2, 0) is 5.41 Å². The van der Waals surface area contributed by atoms with Crippen molar-refractivity contribution in [2.45, 2.75) is 5.41 Å². The molecule has 0 bridgehead atoms. The van der Waals surface area contributed by atoms with Gasteiger partial charge in [0.05, 0.1) is 17.0 Å². The maximum atomic E-state index is 9.73. The summed E-state index contributed by atoms with van der Waals surface area (Å²) in [6.07, 6.45) is 0. The van der Waals surface area contributed by atoms with E-state index in [0.29, 0.717) is 5.56 Å². The van der Waals surface area contributed by atoms with Crippen LogP contribution >= 0.6 is 0 Å². The number of nitriles is 1. The van der Waals surface area contributed by atoms with Crippen molar-refractivity contribution >= 4 is 0 Å². The van der Waals surface area contributed by atoms with E-state index in [1.807, 2.05) is 30.3 Å². The van der Waals surface area contributed by atoms with Crippen molar-refractivity contribution in [3.63, 3.8) is 0 Å². The van der Waals surface area contributed by atoms with Crippen LogP contribution in [0.15, 0.2) is 140 Å². The molecule has 0 saturated carbocycles. The van der Waals surface area contributed by atoms with E-state index in [2.05, 4.69) is 115 Å². The van der Waals surface area contributed by atoms with E-state index in [1.165, 1.54) is 22.3 Å². The third-order valence-electron chi connectivity index (χ3n) is 8.41. The van der Waals surface area contributed by atoms with Gasteiger partial charge >= 0.3 is 0 Å². The predicted molar refractivity (Wildman–Crippen MR) is 159 cm³/mol. The summed E-state index contributed by atoms with van der Waals surface area (Å²) in [5, 5.41) is 9.73. The van der Waals surface area contributed by atoms with Crippen molar-refractivity contribution in [3.8, 4) is 50.9 Å². The average molecular weight is 510 g/mol. The van der Waals surface area contributed by atoms with Gasteiger partial charge in [-0.3, -0.25) is 0 Å². The van der Waals surface area contributed by atoms with E-state index in [-0.39, 0.29) is 0 Å². The number of ether oxygens (including phenoxy) is 1. The second kappa shape index (κ2) is 8.56. The second-order valence-corrected chi connectivity index (χ2v) is 10.4. The van der Waals surface area contributed by atoms with Crippen molar-refractivity contribution in [1.29, 1.82) is 5.26 Å². The lowest BCUT2D eigenvalue weighted by molar-refractivity contribution is 0.438. The van der Waals surface area contributed by atoms with Crippen LogP contribution in [0.3, 0.4) is 0 Å². The normalized spacial score (nSPS) is 13.4. The number of rotatable bonds is 2. The Morgan fingerprint density at radius 1 is 0.475 bits per heavy atom. The standard InChI is InChI=1S/C38H23NO/c39-24-27-11-1-2-14-28(27)25-12-9-13-26(23-25)29-17-10-21-35-37(29)40-36-22-8-7-20-34(36)38(35)32-18-5-3-15-30(32)31-16-4-6-19-33(31)38/h1-23H. The molecule has 2 nitrogen and oxygen atoms in total. The van der Waals surface area contributed by atoms with Gasteiger partial charge in [0.15, 0.2) is 0 Å². The molecule has 2 heteroatoms. The Morgan fingerprint density at radius 3 is 1.73 bits per heavy atom. The van der Waals surface area contributed by atoms with Gasteiger partial charge in [0.2, 0.25) is 0 Å². The van der Waals surface area contributed by atoms with Crippen molar-refractivity contribution < 1.29 is 4.74 Å². The van der Waals surface area contributed by atoms with Crippen LogP contribution in [0.5, 0.6) is 11.5 Å². The van der Waals surface area contributed by atoms with Crippen molar-refractivity contribution in [3.05, 3.63) is 167 Å². The van der Waals surface area contributed by atoms with Crippen LogP contribution in [0.2, 0.25) is 0 Å². The van der Waals surface area contributed by atoms with Crippen molar-refractivity contribution in [2.75, 3.05) is 0 Å². The fraction of sp³-hybridized carbons (Fsp3) is 0.0263. The molecule has 8 rings (SSSR count). The molecule has 2 aliphatic rings. The monoisotopic (exact) mass is 509 g/mol. The summed E-state index contributed by atoms with van der Waals surface area (Å²) >= 11 is 0. The summed E-state index contributed by atoms with van der Waals surface area (Å²) in [6, 6.07) is 51.0. The summed E-state index contributed by atoms with van der Waals surface area (Å²) in [5.74, 6) is 1.75. The minimum Gasteiger partial charge on any atom is -0.456 e. The molecule has 1 spiro atoms. The van der Waals surface area contributed by atoms with Gasteiger partial charge in [0.25, 0.3) is 0 Å². The lowest BCUT2D eigenvalue weighted by Gasteiger charge is -2.40. The van der Waals surface area contributed by atoms with Crippen LogP contribution in [0, 0.1) is 11.3 Å². The summed E-state index contributed by atoms with van der Waals surface area (Å²) in [6.45, 7) is 0. The van der Waals surface area contributed by atoms with Gasteiger partial charge in [-0.05, 0) is 57.1 Å². The number of hydrogen-bond donors (Lipinski definition) is 0. The molecule has 1 heterocycles. The van der Waals surface area contributed by atoms with Crippen molar-refractivity contribution in [2.24, 2.45) is 0 Å². The summed E-state index contributed by atoms with van der Waals surface area (Å²) in [5.41, 5.74) is 11.6. The van der Waals surface area contributed by atoms with E-state index >= 15 is 0 Å². The number of nitrogens with zero attached hydrogens (tertiary/aromatic N) is 1. The molecule has 0 radical (unpaired) electrons. The van der Waals surface area contributed by atoms with E-state index < -0.39 is 5.41 Å². The lowest BCUT2D eigenvalue weighted by Crippen LogP contribution is -2.32. The smallest absolute Gasteiger partial charge is 0.140 e. The first-order valence-corrected chi connectivity index (χ1v) is 13.5. The van der Waals surface area contributed by atoms with Gasteiger partial charge in [-0.25, -0.2) is 0 Å². The average Bonchev–Trinajstić information content (AvgIpc) is 3.32. The number of hydrogen-bond acceptors (Lipinski definition) is 2. The van der Waals surface area contributed by atoms with Gasteiger partial charge in [0.1, 0.15) is 11.5 Å². The molecule has 0 fully saturated rings. The predicted octanol–water partition coefficient (Wildman–Crippen LogP) is 9.36. The molecule has 0 N–H and O–H groups in total. The van der Waals surface area contributed by atoms with Crippen molar-refractivity contribution in [1.82, 2.24) is 0 Å². The molecular weight excluding hydrogens is 486 g/mol. The molecule has 186 valence electrons. The summed E-state index contributed by atoms with van der Waals surface area (Å²) < 4.78 is 6.82. The summed E-state index contributed by atoms with van der Waals surface area (Å²) in [4.78, 5) is 0. The molecule has 0 saturated heterocycles. The van der Waals surface area contributed by atoms with Gasteiger partial charge in [-0.2, -0.15) is 5.26 Å². The van der Waals surface area contributed by atoms with E-state index in [0.717, 1.165) is 44.9 Å². The molecule has 40 heavy (non-hydrogen) atoms. The second-order valence-electron chi connectivity index (χ2n) is 10.4.